The van der Waals surface area contributed by atoms with Crippen LogP contribution in [0.15, 0.2) is 42.5 Å². The van der Waals surface area contributed by atoms with Gasteiger partial charge in [-0.15, -0.1) is 0 Å². The molecule has 0 saturated carbocycles. The summed E-state index contributed by atoms with van der Waals surface area (Å²) in [6.45, 7) is 5.82. The molecular formula is C24H31N3O6S. The highest BCUT2D eigenvalue weighted by Gasteiger charge is 2.28. The van der Waals surface area contributed by atoms with Gasteiger partial charge in [0.05, 0.1) is 11.9 Å². The van der Waals surface area contributed by atoms with Gasteiger partial charge in [0.25, 0.3) is 5.91 Å². The van der Waals surface area contributed by atoms with E-state index < -0.39 is 16.1 Å². The molecule has 0 aliphatic carbocycles. The summed E-state index contributed by atoms with van der Waals surface area (Å²) in [5, 5.41) is 0. The van der Waals surface area contributed by atoms with Crippen LogP contribution in [-0.2, 0) is 21.4 Å². The van der Waals surface area contributed by atoms with Crippen LogP contribution < -0.4 is 18.5 Å². The van der Waals surface area contributed by atoms with Crippen molar-refractivity contribution in [3.63, 3.8) is 0 Å². The number of carbonyl (C=O) groups excluding carboxylic acids is 1. The van der Waals surface area contributed by atoms with E-state index in [2.05, 4.69) is 4.90 Å². The number of anilines is 1. The molecule has 0 unspecified atom stereocenters. The van der Waals surface area contributed by atoms with Crippen LogP contribution in [0.1, 0.15) is 18.9 Å². The molecule has 1 atom stereocenters. The van der Waals surface area contributed by atoms with Crippen LogP contribution in [0.4, 0.5) is 5.69 Å². The Labute approximate surface area is 200 Å². The van der Waals surface area contributed by atoms with Crippen molar-refractivity contribution in [2.45, 2.75) is 26.0 Å². The Hall–Kier alpha value is -2.98. The van der Waals surface area contributed by atoms with E-state index in [1.807, 2.05) is 30.0 Å². The Kier molecular flexibility index (Phi) is 7.18. The lowest BCUT2D eigenvalue weighted by atomic mass is 10.1. The molecule has 2 aliphatic rings. The molecule has 1 fully saturated rings. The monoisotopic (exact) mass is 489 g/mol. The Balaban J connectivity index is 1.30. The number of benzene rings is 2. The molecule has 0 radical (unpaired) electrons. The maximum absolute atomic E-state index is 13.1. The quantitative estimate of drug-likeness (QED) is 0.562. The predicted molar refractivity (Wildman–Crippen MR) is 129 cm³/mol. The van der Waals surface area contributed by atoms with Crippen molar-refractivity contribution in [2.24, 2.45) is 0 Å². The van der Waals surface area contributed by atoms with Crippen molar-refractivity contribution in [2.75, 3.05) is 50.6 Å². The number of hydrogen-bond acceptors (Lipinski definition) is 7. The number of rotatable bonds is 8. The van der Waals surface area contributed by atoms with E-state index >= 15 is 0 Å². The average molecular weight is 490 g/mol. The van der Waals surface area contributed by atoms with Gasteiger partial charge in [0.15, 0.2) is 17.6 Å². The van der Waals surface area contributed by atoms with Crippen molar-refractivity contribution < 1.29 is 27.4 Å². The van der Waals surface area contributed by atoms with Crippen LogP contribution >= 0.6 is 0 Å². The lowest BCUT2D eigenvalue weighted by Gasteiger charge is -2.36. The van der Waals surface area contributed by atoms with E-state index in [0.29, 0.717) is 30.9 Å². The molecule has 0 aromatic heterocycles. The number of amides is 1. The van der Waals surface area contributed by atoms with Gasteiger partial charge in [-0.3, -0.25) is 14.0 Å². The number of hydrogen-bond donors (Lipinski definition) is 0. The van der Waals surface area contributed by atoms with E-state index in [4.69, 9.17) is 14.2 Å². The van der Waals surface area contributed by atoms with Crippen LogP contribution in [0, 0.1) is 0 Å². The third kappa shape index (κ3) is 5.56. The summed E-state index contributed by atoms with van der Waals surface area (Å²) in [7, 11) is -1.84. The predicted octanol–water partition coefficient (Wildman–Crippen LogP) is 2.31. The maximum Gasteiger partial charge on any atom is 0.263 e. The van der Waals surface area contributed by atoms with Crippen molar-refractivity contribution in [3.05, 3.63) is 48.0 Å². The first-order chi connectivity index (χ1) is 16.2. The largest absolute Gasteiger partial charge is 0.481 e. The minimum atomic E-state index is -3.34. The molecule has 2 aromatic carbocycles. The zero-order valence-electron chi connectivity index (χ0n) is 19.8. The zero-order chi connectivity index (χ0) is 24.3. The Bertz CT molecular complexity index is 1110. The standard InChI is InChI=1S/C24H31N3O6S/c1-4-21(33-20-8-6-19(7-9-20)25(2)34(3,29)30)24(28)27-13-11-26(12-14-27)16-18-5-10-22-23(15-18)32-17-31-22/h5-10,15,21H,4,11-14,16-17H2,1-3H3/t21-/m0/s1. The fourth-order valence-corrected chi connectivity index (χ4v) is 4.53. The van der Waals surface area contributed by atoms with Gasteiger partial charge in [0, 0.05) is 39.8 Å². The average Bonchev–Trinajstić information content (AvgIpc) is 3.30. The summed E-state index contributed by atoms with van der Waals surface area (Å²) < 4.78 is 41.4. The normalized spacial score (nSPS) is 16.9. The lowest BCUT2D eigenvalue weighted by Crippen LogP contribution is -2.52. The number of carbonyl (C=O) groups is 1. The maximum atomic E-state index is 13.1. The van der Waals surface area contributed by atoms with E-state index in [-0.39, 0.29) is 12.7 Å². The number of sulfonamides is 1. The molecule has 9 nitrogen and oxygen atoms in total. The third-order valence-electron chi connectivity index (χ3n) is 6.15. The van der Waals surface area contributed by atoms with Gasteiger partial charge in [-0.2, -0.15) is 0 Å². The molecule has 0 bridgehead atoms. The molecule has 1 saturated heterocycles. The van der Waals surface area contributed by atoms with Crippen LogP contribution in [0.5, 0.6) is 17.2 Å². The molecule has 0 N–H and O–H groups in total. The molecule has 184 valence electrons. The first kappa shape index (κ1) is 24.2. The Morgan fingerprint density at radius 3 is 2.38 bits per heavy atom. The van der Waals surface area contributed by atoms with E-state index in [0.717, 1.165) is 43.0 Å². The topological polar surface area (TPSA) is 88.6 Å². The highest BCUT2D eigenvalue weighted by molar-refractivity contribution is 7.92. The summed E-state index contributed by atoms with van der Waals surface area (Å²) >= 11 is 0. The van der Waals surface area contributed by atoms with Gasteiger partial charge in [-0.05, 0) is 48.4 Å². The number of nitrogens with zero attached hydrogens (tertiary/aromatic N) is 3. The SMILES string of the molecule is CC[C@H](Oc1ccc(N(C)S(C)(=O)=O)cc1)C(=O)N1CCN(Cc2ccc3c(c2)OCO3)CC1. The smallest absolute Gasteiger partial charge is 0.263 e. The van der Waals surface area contributed by atoms with Crippen molar-refractivity contribution >= 4 is 21.6 Å². The van der Waals surface area contributed by atoms with Gasteiger partial charge in [-0.25, -0.2) is 8.42 Å². The van der Waals surface area contributed by atoms with E-state index in [1.54, 1.807) is 24.3 Å². The third-order valence-corrected chi connectivity index (χ3v) is 7.36. The summed E-state index contributed by atoms with van der Waals surface area (Å²) in [5.74, 6) is 2.07. The fourth-order valence-electron chi connectivity index (χ4n) is 4.03. The van der Waals surface area contributed by atoms with Gasteiger partial charge in [-0.1, -0.05) is 13.0 Å². The summed E-state index contributed by atoms with van der Waals surface area (Å²) in [4.78, 5) is 17.3. The molecule has 10 heteroatoms. The number of ether oxygens (including phenoxy) is 3. The van der Waals surface area contributed by atoms with E-state index in [9.17, 15) is 13.2 Å². The molecule has 34 heavy (non-hydrogen) atoms. The molecule has 4 rings (SSSR count). The lowest BCUT2D eigenvalue weighted by molar-refractivity contribution is -0.140. The molecule has 2 heterocycles. The summed E-state index contributed by atoms with van der Waals surface area (Å²) in [5.41, 5.74) is 1.69. The fraction of sp³-hybridized carbons (Fsp3) is 0.458. The minimum absolute atomic E-state index is 0.0254. The zero-order valence-corrected chi connectivity index (χ0v) is 20.6. The number of piperazine rings is 1. The second-order valence-electron chi connectivity index (χ2n) is 8.53. The van der Waals surface area contributed by atoms with Gasteiger partial charge >= 0.3 is 0 Å². The van der Waals surface area contributed by atoms with Crippen LogP contribution in [0.3, 0.4) is 0 Å². The van der Waals surface area contributed by atoms with Gasteiger partial charge in [0.2, 0.25) is 16.8 Å². The van der Waals surface area contributed by atoms with Crippen molar-refractivity contribution in [3.8, 4) is 17.2 Å². The Morgan fingerprint density at radius 2 is 1.74 bits per heavy atom. The number of fused-ring (bicyclic) bond motifs is 1. The molecular weight excluding hydrogens is 458 g/mol. The Morgan fingerprint density at radius 1 is 1.06 bits per heavy atom. The van der Waals surface area contributed by atoms with Crippen molar-refractivity contribution in [1.29, 1.82) is 0 Å². The second-order valence-corrected chi connectivity index (χ2v) is 10.5. The highest BCUT2D eigenvalue weighted by atomic mass is 32.2. The molecule has 2 aromatic rings. The van der Waals surface area contributed by atoms with Crippen molar-refractivity contribution in [1.82, 2.24) is 9.80 Å². The molecule has 0 spiro atoms. The first-order valence-corrected chi connectivity index (χ1v) is 13.2. The summed E-state index contributed by atoms with van der Waals surface area (Å²) in [6.07, 6.45) is 1.11. The second kappa shape index (κ2) is 10.1. The van der Waals surface area contributed by atoms with Gasteiger partial charge < -0.3 is 19.1 Å². The van der Waals surface area contributed by atoms with E-state index in [1.165, 1.54) is 11.4 Å². The minimum Gasteiger partial charge on any atom is -0.481 e. The van der Waals surface area contributed by atoms with Crippen LogP contribution in [0.25, 0.3) is 0 Å². The highest BCUT2D eigenvalue weighted by Crippen LogP contribution is 2.33. The molecule has 2 aliphatic heterocycles. The molecule has 1 amide bonds. The summed E-state index contributed by atoms with van der Waals surface area (Å²) in [6, 6.07) is 12.7. The van der Waals surface area contributed by atoms with Crippen LogP contribution in [-0.4, -0.2) is 76.5 Å². The van der Waals surface area contributed by atoms with Crippen LogP contribution in [0.2, 0.25) is 0 Å². The van der Waals surface area contributed by atoms with Gasteiger partial charge in [0.1, 0.15) is 5.75 Å². The first-order valence-electron chi connectivity index (χ1n) is 11.3.